The summed E-state index contributed by atoms with van der Waals surface area (Å²) < 4.78 is 8.92. The second-order valence-electron chi connectivity index (χ2n) is 4.99. The Morgan fingerprint density at radius 1 is 1.39 bits per heavy atom. The average molecular weight is 422 g/mol. The van der Waals surface area contributed by atoms with Gasteiger partial charge < -0.3 is 4.74 Å². The van der Waals surface area contributed by atoms with Gasteiger partial charge in [-0.1, -0.05) is 0 Å². The third kappa shape index (κ3) is 2.88. The van der Waals surface area contributed by atoms with Gasteiger partial charge in [0, 0.05) is 19.6 Å². The van der Waals surface area contributed by atoms with Gasteiger partial charge in [-0.25, -0.2) is 4.79 Å². The van der Waals surface area contributed by atoms with Crippen molar-refractivity contribution in [2.24, 2.45) is 0 Å². The average Bonchev–Trinajstić information content (AvgIpc) is 2.54. The predicted molar refractivity (Wildman–Crippen MR) is 84.0 cm³/mol. The van der Waals surface area contributed by atoms with Gasteiger partial charge in [0.05, 0.1) is 5.52 Å². The summed E-state index contributed by atoms with van der Waals surface area (Å²) in [6.07, 6.45) is 1.38. The zero-order valence-corrected chi connectivity index (χ0v) is 14.1. The maximum absolute atomic E-state index is 12.1. The molecule has 1 aromatic heterocycles. The van der Waals surface area contributed by atoms with Gasteiger partial charge in [0.15, 0.2) is 0 Å². The van der Waals surface area contributed by atoms with E-state index in [0.717, 1.165) is 18.9 Å². The lowest BCUT2D eigenvalue weighted by molar-refractivity contribution is 0.0544. The fourth-order valence-electron chi connectivity index (χ4n) is 1.62. The molecule has 0 aliphatic rings. The van der Waals surface area contributed by atoms with E-state index >= 15 is 0 Å². The predicted octanol–water partition coefficient (Wildman–Crippen LogP) is 4.79. The first-order valence-electron chi connectivity index (χ1n) is 5.47. The number of hydrogen-bond donors (Lipinski definition) is 0. The Morgan fingerprint density at radius 2 is 2.06 bits per heavy atom. The molecule has 0 spiro atoms. The molecule has 1 aromatic carbocycles. The summed E-state index contributed by atoms with van der Waals surface area (Å²) >= 11 is 5.71. The molecule has 0 N–H and O–H groups in total. The van der Waals surface area contributed by atoms with Crippen molar-refractivity contribution in [2.45, 2.75) is 26.4 Å². The molecule has 0 amide bonds. The molecular formula is C13H13BrINO2. The third-order valence-corrected chi connectivity index (χ3v) is 3.61. The number of rotatable bonds is 0. The highest BCUT2D eigenvalue weighted by molar-refractivity contribution is 14.1. The molecule has 0 atom stereocenters. The molecular weight excluding hydrogens is 409 g/mol. The van der Waals surface area contributed by atoms with E-state index in [4.69, 9.17) is 4.74 Å². The van der Waals surface area contributed by atoms with Crippen LogP contribution >= 0.6 is 38.5 Å². The highest BCUT2D eigenvalue weighted by Gasteiger charge is 2.20. The van der Waals surface area contributed by atoms with Crippen LogP contribution in [0.3, 0.4) is 0 Å². The van der Waals surface area contributed by atoms with Gasteiger partial charge in [0.25, 0.3) is 0 Å². The number of benzene rings is 1. The molecule has 2 aromatic rings. The number of nitrogens with zero attached hydrogens (tertiary/aromatic N) is 1. The molecule has 0 saturated carbocycles. The van der Waals surface area contributed by atoms with Crippen LogP contribution in [0.2, 0.25) is 0 Å². The lowest BCUT2D eigenvalue weighted by atomic mass is 10.2. The van der Waals surface area contributed by atoms with Crippen molar-refractivity contribution in [3.05, 3.63) is 32.4 Å². The quantitative estimate of drug-likeness (QED) is 0.572. The third-order valence-electron chi connectivity index (χ3n) is 2.31. The highest BCUT2D eigenvalue weighted by Crippen LogP contribution is 2.28. The largest absolute Gasteiger partial charge is 0.443 e. The first-order valence-corrected chi connectivity index (χ1v) is 7.34. The Kier molecular flexibility index (Phi) is 3.73. The highest BCUT2D eigenvalue weighted by atomic mass is 127. The molecule has 1 heterocycles. The first-order chi connectivity index (χ1) is 8.28. The second kappa shape index (κ2) is 4.85. The monoisotopic (exact) mass is 421 g/mol. The van der Waals surface area contributed by atoms with Crippen LogP contribution in [-0.4, -0.2) is 16.3 Å². The Morgan fingerprint density at radius 3 is 2.67 bits per heavy atom. The van der Waals surface area contributed by atoms with Gasteiger partial charge in [0.1, 0.15) is 5.60 Å². The SMILES string of the molecule is CC(C)(C)OC(=O)n1cc(Br)c2cc(I)ccc21. The van der Waals surface area contributed by atoms with Gasteiger partial charge in [0.2, 0.25) is 0 Å². The number of fused-ring (bicyclic) bond motifs is 1. The van der Waals surface area contributed by atoms with Crippen molar-refractivity contribution in [1.82, 2.24) is 4.57 Å². The molecule has 0 fully saturated rings. The first kappa shape index (κ1) is 13.9. The Balaban J connectivity index is 2.49. The molecule has 0 aliphatic carbocycles. The molecule has 3 nitrogen and oxygen atoms in total. The summed E-state index contributed by atoms with van der Waals surface area (Å²) in [5.41, 5.74) is 0.347. The number of halogens is 2. The summed E-state index contributed by atoms with van der Waals surface area (Å²) in [6, 6.07) is 5.92. The van der Waals surface area contributed by atoms with Crippen LogP contribution in [-0.2, 0) is 4.74 Å². The van der Waals surface area contributed by atoms with Crippen molar-refractivity contribution in [2.75, 3.05) is 0 Å². The van der Waals surface area contributed by atoms with Crippen molar-refractivity contribution in [3.63, 3.8) is 0 Å². The van der Waals surface area contributed by atoms with Gasteiger partial charge in [-0.05, 0) is 77.5 Å². The van der Waals surface area contributed by atoms with E-state index in [1.54, 1.807) is 6.20 Å². The number of aromatic nitrogens is 1. The Labute approximate surface area is 128 Å². The second-order valence-corrected chi connectivity index (χ2v) is 7.09. The molecule has 2 rings (SSSR count). The van der Waals surface area contributed by atoms with Crippen LogP contribution in [0.25, 0.3) is 10.9 Å². The molecule has 96 valence electrons. The van der Waals surface area contributed by atoms with Crippen LogP contribution in [0.1, 0.15) is 20.8 Å². The molecule has 0 aliphatic heterocycles. The van der Waals surface area contributed by atoms with E-state index in [0.29, 0.717) is 0 Å². The zero-order valence-electron chi connectivity index (χ0n) is 10.3. The van der Waals surface area contributed by atoms with Crippen molar-refractivity contribution < 1.29 is 9.53 Å². The molecule has 0 radical (unpaired) electrons. The van der Waals surface area contributed by atoms with Crippen LogP contribution in [0.4, 0.5) is 4.79 Å². The minimum Gasteiger partial charge on any atom is -0.443 e. The van der Waals surface area contributed by atoms with E-state index in [1.807, 2.05) is 39.0 Å². The normalized spacial score (nSPS) is 11.8. The molecule has 0 bridgehead atoms. The van der Waals surface area contributed by atoms with Gasteiger partial charge >= 0.3 is 6.09 Å². The molecule has 18 heavy (non-hydrogen) atoms. The molecule has 5 heteroatoms. The summed E-state index contributed by atoms with van der Waals surface area (Å²) in [5, 5.41) is 1.01. The van der Waals surface area contributed by atoms with Gasteiger partial charge in [-0.3, -0.25) is 4.57 Å². The van der Waals surface area contributed by atoms with Crippen molar-refractivity contribution >= 4 is 55.5 Å². The van der Waals surface area contributed by atoms with Crippen molar-refractivity contribution in [1.29, 1.82) is 0 Å². The van der Waals surface area contributed by atoms with E-state index in [-0.39, 0.29) is 6.09 Å². The van der Waals surface area contributed by atoms with E-state index < -0.39 is 5.60 Å². The Bertz CT molecular complexity index is 613. The summed E-state index contributed by atoms with van der Waals surface area (Å²) in [7, 11) is 0. The summed E-state index contributed by atoms with van der Waals surface area (Å²) in [6.45, 7) is 5.57. The lowest BCUT2D eigenvalue weighted by Gasteiger charge is -2.19. The number of carbonyl (C=O) groups is 1. The van der Waals surface area contributed by atoms with Crippen molar-refractivity contribution in [3.8, 4) is 0 Å². The van der Waals surface area contributed by atoms with E-state index in [1.165, 1.54) is 4.57 Å². The lowest BCUT2D eigenvalue weighted by Crippen LogP contribution is -2.26. The number of hydrogen-bond acceptors (Lipinski definition) is 2. The topological polar surface area (TPSA) is 31.2 Å². The number of ether oxygens (including phenoxy) is 1. The fraction of sp³-hybridized carbons (Fsp3) is 0.308. The maximum atomic E-state index is 12.1. The van der Waals surface area contributed by atoms with Gasteiger partial charge in [-0.15, -0.1) is 0 Å². The summed E-state index contributed by atoms with van der Waals surface area (Å²) in [5.74, 6) is 0. The van der Waals surface area contributed by atoms with E-state index in [9.17, 15) is 4.79 Å². The summed E-state index contributed by atoms with van der Waals surface area (Å²) in [4.78, 5) is 12.1. The minimum atomic E-state index is -0.497. The Hall–Kier alpha value is -0.560. The smallest absolute Gasteiger partial charge is 0.419 e. The van der Waals surface area contributed by atoms with Crippen LogP contribution in [0, 0.1) is 3.57 Å². The molecule has 0 unspecified atom stereocenters. The van der Waals surface area contributed by atoms with Crippen LogP contribution in [0.15, 0.2) is 28.9 Å². The number of carbonyl (C=O) groups excluding carboxylic acids is 1. The van der Waals surface area contributed by atoms with Crippen LogP contribution in [0.5, 0.6) is 0 Å². The van der Waals surface area contributed by atoms with Crippen LogP contribution < -0.4 is 0 Å². The van der Waals surface area contributed by atoms with E-state index in [2.05, 4.69) is 38.5 Å². The van der Waals surface area contributed by atoms with Gasteiger partial charge in [-0.2, -0.15) is 0 Å². The molecule has 0 saturated heterocycles. The maximum Gasteiger partial charge on any atom is 0.419 e. The minimum absolute atomic E-state index is 0.362. The zero-order chi connectivity index (χ0) is 13.5. The standard InChI is InChI=1S/C13H13BrINO2/c1-13(2,3)18-12(17)16-7-10(14)9-6-8(15)4-5-11(9)16/h4-7H,1-3H3. The fourth-order valence-corrected chi connectivity index (χ4v) is 2.64.